The summed E-state index contributed by atoms with van der Waals surface area (Å²) in [5, 5.41) is 0.457. The molecule has 0 saturated heterocycles. The molecule has 1 aliphatic heterocycles. The minimum Gasteiger partial charge on any atom is -0.308 e. The highest BCUT2D eigenvalue weighted by molar-refractivity contribution is 7.89. The van der Waals surface area contributed by atoms with Crippen LogP contribution in [0.4, 0.5) is 5.69 Å². The molecule has 0 spiro atoms. The fraction of sp³-hybridized carbons (Fsp3) is 0.240. The van der Waals surface area contributed by atoms with Crippen LogP contribution in [0.3, 0.4) is 0 Å². The number of halogens is 1. The van der Waals surface area contributed by atoms with Gasteiger partial charge in [-0.25, -0.2) is 8.42 Å². The van der Waals surface area contributed by atoms with Gasteiger partial charge in [0.25, 0.3) is 0 Å². The van der Waals surface area contributed by atoms with Crippen molar-refractivity contribution in [2.24, 2.45) is 0 Å². The van der Waals surface area contributed by atoms with Gasteiger partial charge in [-0.1, -0.05) is 60.1 Å². The van der Waals surface area contributed by atoms with Crippen LogP contribution in [0.2, 0.25) is 5.02 Å². The maximum atomic E-state index is 13.5. The van der Waals surface area contributed by atoms with Gasteiger partial charge in [0.15, 0.2) is 0 Å². The van der Waals surface area contributed by atoms with E-state index in [4.69, 9.17) is 11.6 Å². The van der Waals surface area contributed by atoms with E-state index in [-0.39, 0.29) is 29.9 Å². The highest BCUT2D eigenvalue weighted by Gasteiger charge is 2.34. The van der Waals surface area contributed by atoms with Crippen molar-refractivity contribution in [3.63, 3.8) is 0 Å². The van der Waals surface area contributed by atoms with Gasteiger partial charge in [0, 0.05) is 23.3 Å². The molecule has 5 nitrogen and oxygen atoms in total. The molecular weight excluding hydrogens is 444 g/mol. The lowest BCUT2D eigenvalue weighted by Gasteiger charge is -2.27. The zero-order valence-corrected chi connectivity index (χ0v) is 19.4. The molecule has 1 heterocycles. The first-order chi connectivity index (χ1) is 15.4. The molecule has 1 atom stereocenters. The number of hydrogen-bond acceptors (Lipinski definition) is 3. The minimum atomic E-state index is -3.88. The van der Waals surface area contributed by atoms with Crippen LogP contribution in [0.1, 0.15) is 18.1 Å². The SMILES string of the molecule is C[C@H]1Cc2ccccc2N1C(=O)CN(CCc1ccccc1)S(=O)(=O)c1ccc(Cl)cc1. The average molecular weight is 469 g/mol. The van der Waals surface area contributed by atoms with E-state index in [9.17, 15) is 13.2 Å². The zero-order chi connectivity index (χ0) is 22.7. The van der Waals surface area contributed by atoms with Crippen LogP contribution < -0.4 is 4.90 Å². The summed E-state index contributed by atoms with van der Waals surface area (Å²) in [4.78, 5) is 15.2. The molecule has 1 amide bonds. The first-order valence-corrected chi connectivity index (χ1v) is 12.4. The number of nitrogens with zero attached hydrogens (tertiary/aromatic N) is 2. The maximum Gasteiger partial charge on any atom is 0.243 e. The Labute approximate surface area is 194 Å². The third-order valence-electron chi connectivity index (χ3n) is 5.73. The van der Waals surface area contributed by atoms with E-state index in [1.54, 1.807) is 17.0 Å². The number of sulfonamides is 1. The van der Waals surface area contributed by atoms with Gasteiger partial charge in [-0.15, -0.1) is 0 Å². The summed E-state index contributed by atoms with van der Waals surface area (Å²) in [6.07, 6.45) is 1.27. The van der Waals surface area contributed by atoms with Crippen LogP contribution in [0.15, 0.2) is 83.8 Å². The summed E-state index contributed by atoms with van der Waals surface area (Å²) in [6.45, 7) is 1.96. The smallest absolute Gasteiger partial charge is 0.243 e. The van der Waals surface area contributed by atoms with Crippen molar-refractivity contribution in [3.8, 4) is 0 Å². The third kappa shape index (κ3) is 4.72. The predicted octanol–water partition coefficient (Wildman–Crippen LogP) is 4.55. The minimum absolute atomic E-state index is 0.0193. The molecule has 3 aromatic rings. The third-order valence-corrected chi connectivity index (χ3v) is 7.84. The van der Waals surface area contributed by atoms with Crippen molar-refractivity contribution < 1.29 is 13.2 Å². The maximum absolute atomic E-state index is 13.5. The first kappa shape index (κ1) is 22.5. The molecule has 7 heteroatoms. The lowest BCUT2D eigenvalue weighted by molar-refractivity contribution is -0.119. The summed E-state index contributed by atoms with van der Waals surface area (Å²) < 4.78 is 28.2. The lowest BCUT2D eigenvalue weighted by Crippen LogP contribution is -2.45. The average Bonchev–Trinajstić information content (AvgIpc) is 3.13. The number of carbonyl (C=O) groups is 1. The molecule has 0 saturated carbocycles. The van der Waals surface area contributed by atoms with Gasteiger partial charge in [-0.05, 0) is 61.2 Å². The summed E-state index contributed by atoms with van der Waals surface area (Å²) in [5.74, 6) is -0.229. The number of carbonyl (C=O) groups excluding carboxylic acids is 1. The Hall–Kier alpha value is -2.67. The summed E-state index contributed by atoms with van der Waals surface area (Å²) >= 11 is 5.95. The van der Waals surface area contributed by atoms with Crippen LogP contribution in [-0.4, -0.2) is 37.8 Å². The Balaban J connectivity index is 1.61. The molecule has 0 aromatic heterocycles. The number of amides is 1. The van der Waals surface area contributed by atoms with Crippen LogP contribution in [0, 0.1) is 0 Å². The van der Waals surface area contributed by atoms with E-state index in [1.807, 2.05) is 61.5 Å². The number of hydrogen-bond donors (Lipinski definition) is 0. The Kier molecular flexibility index (Phi) is 6.65. The topological polar surface area (TPSA) is 57.7 Å². The molecule has 0 N–H and O–H groups in total. The Morgan fingerprint density at radius 1 is 1.00 bits per heavy atom. The molecule has 166 valence electrons. The van der Waals surface area contributed by atoms with Crippen LogP contribution in [0.25, 0.3) is 0 Å². The monoisotopic (exact) mass is 468 g/mol. The highest BCUT2D eigenvalue weighted by atomic mass is 35.5. The largest absolute Gasteiger partial charge is 0.308 e. The molecule has 0 fully saturated rings. The predicted molar refractivity (Wildman–Crippen MR) is 127 cm³/mol. The van der Waals surface area contributed by atoms with Crippen molar-refractivity contribution in [1.82, 2.24) is 4.31 Å². The second-order valence-electron chi connectivity index (χ2n) is 7.97. The molecule has 0 unspecified atom stereocenters. The van der Waals surface area contributed by atoms with Gasteiger partial charge in [0.2, 0.25) is 15.9 Å². The normalized spacial score (nSPS) is 15.7. The van der Waals surface area contributed by atoms with Crippen LogP contribution >= 0.6 is 11.6 Å². The molecule has 1 aliphatic rings. The van der Waals surface area contributed by atoms with E-state index in [0.717, 1.165) is 23.2 Å². The Morgan fingerprint density at radius 3 is 2.38 bits per heavy atom. The van der Waals surface area contributed by atoms with Crippen LogP contribution in [-0.2, 0) is 27.7 Å². The number of fused-ring (bicyclic) bond motifs is 1. The van der Waals surface area contributed by atoms with Crippen molar-refractivity contribution in [2.45, 2.75) is 30.7 Å². The fourth-order valence-electron chi connectivity index (χ4n) is 4.11. The number of anilines is 1. The first-order valence-electron chi connectivity index (χ1n) is 10.6. The molecular formula is C25H25ClN2O3S. The van der Waals surface area contributed by atoms with Crippen LogP contribution in [0.5, 0.6) is 0 Å². The van der Waals surface area contributed by atoms with Gasteiger partial charge < -0.3 is 4.90 Å². The molecule has 0 aliphatic carbocycles. The lowest BCUT2D eigenvalue weighted by atomic mass is 10.1. The Morgan fingerprint density at radius 2 is 1.66 bits per heavy atom. The van der Waals surface area contributed by atoms with E-state index in [0.29, 0.717) is 11.4 Å². The second kappa shape index (κ2) is 9.45. The summed E-state index contributed by atoms with van der Waals surface area (Å²) in [7, 11) is -3.88. The number of benzene rings is 3. The van der Waals surface area contributed by atoms with Crippen molar-refractivity contribution in [2.75, 3.05) is 18.0 Å². The summed E-state index contributed by atoms with van der Waals surface area (Å²) in [6, 6.07) is 23.5. The standard InChI is InChI=1S/C25H25ClN2O3S/c1-19-17-21-9-5-6-10-24(21)28(19)25(29)18-27(16-15-20-7-3-2-4-8-20)32(30,31)23-13-11-22(26)12-14-23/h2-14,19H,15-18H2,1H3/t19-/m0/s1. The number of para-hydroxylation sites is 1. The van der Waals surface area contributed by atoms with Crippen molar-refractivity contribution in [3.05, 3.63) is 95.0 Å². The van der Waals surface area contributed by atoms with Gasteiger partial charge >= 0.3 is 0 Å². The second-order valence-corrected chi connectivity index (χ2v) is 10.3. The van der Waals surface area contributed by atoms with Gasteiger partial charge in [-0.2, -0.15) is 4.31 Å². The molecule has 0 bridgehead atoms. The molecule has 3 aromatic carbocycles. The number of rotatable bonds is 7. The van der Waals surface area contributed by atoms with E-state index >= 15 is 0 Å². The fourth-order valence-corrected chi connectivity index (χ4v) is 5.63. The Bertz CT molecular complexity index is 1200. The van der Waals surface area contributed by atoms with Gasteiger partial charge in [-0.3, -0.25) is 4.79 Å². The quantitative estimate of drug-likeness (QED) is 0.511. The van der Waals surface area contributed by atoms with E-state index in [1.165, 1.54) is 16.4 Å². The van der Waals surface area contributed by atoms with Crippen molar-refractivity contribution >= 4 is 33.2 Å². The van der Waals surface area contributed by atoms with Crippen molar-refractivity contribution in [1.29, 1.82) is 0 Å². The van der Waals surface area contributed by atoms with Gasteiger partial charge in [0.1, 0.15) is 0 Å². The molecule has 32 heavy (non-hydrogen) atoms. The molecule has 4 rings (SSSR count). The van der Waals surface area contributed by atoms with E-state index < -0.39 is 10.0 Å². The van der Waals surface area contributed by atoms with E-state index in [2.05, 4.69) is 0 Å². The van der Waals surface area contributed by atoms with Gasteiger partial charge in [0.05, 0.1) is 11.4 Å². The summed E-state index contributed by atoms with van der Waals surface area (Å²) in [5.41, 5.74) is 2.97. The highest BCUT2D eigenvalue weighted by Crippen LogP contribution is 2.32. The zero-order valence-electron chi connectivity index (χ0n) is 17.8. The molecule has 0 radical (unpaired) electrons.